The molecule has 1 N–H and O–H groups in total. The highest BCUT2D eigenvalue weighted by molar-refractivity contribution is 7.99. The van der Waals surface area contributed by atoms with Crippen molar-refractivity contribution in [2.45, 2.75) is 24.6 Å². The van der Waals surface area contributed by atoms with Gasteiger partial charge in [0.1, 0.15) is 6.04 Å². The van der Waals surface area contributed by atoms with Crippen LogP contribution in [0.25, 0.3) is 0 Å². The lowest BCUT2D eigenvalue weighted by Crippen LogP contribution is -2.44. The molecule has 0 bridgehead atoms. The van der Waals surface area contributed by atoms with Crippen molar-refractivity contribution >= 4 is 40.9 Å². The summed E-state index contributed by atoms with van der Waals surface area (Å²) in [4.78, 5) is 25.8. The van der Waals surface area contributed by atoms with Crippen LogP contribution >= 0.6 is 23.4 Å². The molecule has 1 saturated heterocycles. The molecule has 2 rings (SSSR count). The highest BCUT2D eigenvalue weighted by atomic mass is 35.5. The molecule has 1 aliphatic heterocycles. The van der Waals surface area contributed by atoms with Gasteiger partial charge in [-0.2, -0.15) is 11.8 Å². The molecule has 2 atom stereocenters. The van der Waals surface area contributed by atoms with Crippen molar-refractivity contribution in [3.8, 4) is 0 Å². The maximum Gasteiger partial charge on any atom is 0.249 e. The van der Waals surface area contributed by atoms with E-state index in [9.17, 15) is 9.59 Å². The smallest absolute Gasteiger partial charge is 0.249 e. The van der Waals surface area contributed by atoms with Crippen LogP contribution in [0.15, 0.2) is 24.3 Å². The summed E-state index contributed by atoms with van der Waals surface area (Å²) < 4.78 is 0. The first-order chi connectivity index (χ1) is 9.52. The van der Waals surface area contributed by atoms with Crippen LogP contribution in [0, 0.1) is 0 Å². The third-order valence-electron chi connectivity index (χ3n) is 3.38. The molecule has 1 fully saturated rings. The minimum atomic E-state index is -0.423. The average Bonchev–Trinajstić information content (AvgIpc) is 2.80. The molecule has 2 amide bonds. The van der Waals surface area contributed by atoms with Gasteiger partial charge >= 0.3 is 0 Å². The number of halogens is 1. The standard InChI is InChI=1S/C14H17ClN2O2S/c1-9(20-2)13(18)16-12-7-8-17(14(12)19)11-5-3-10(15)4-6-11/h3-6,9,12H,7-8H2,1-2H3,(H,16,18)/t9-,12-/m0/s1. The first-order valence-electron chi connectivity index (χ1n) is 6.43. The van der Waals surface area contributed by atoms with Gasteiger partial charge in [-0.3, -0.25) is 9.59 Å². The topological polar surface area (TPSA) is 49.4 Å². The number of nitrogens with one attached hydrogen (secondary N) is 1. The van der Waals surface area contributed by atoms with E-state index in [1.165, 1.54) is 11.8 Å². The van der Waals surface area contributed by atoms with Gasteiger partial charge in [-0.05, 0) is 43.9 Å². The number of rotatable bonds is 4. The quantitative estimate of drug-likeness (QED) is 0.928. The number of carbonyl (C=O) groups excluding carboxylic acids is 2. The fourth-order valence-electron chi connectivity index (χ4n) is 2.09. The van der Waals surface area contributed by atoms with Gasteiger partial charge in [-0.1, -0.05) is 11.6 Å². The second-order valence-corrected chi connectivity index (χ2v) is 6.31. The molecule has 0 radical (unpaired) electrons. The molecular weight excluding hydrogens is 296 g/mol. The van der Waals surface area contributed by atoms with E-state index in [-0.39, 0.29) is 17.1 Å². The second kappa shape index (κ2) is 6.50. The number of carbonyl (C=O) groups is 2. The van der Waals surface area contributed by atoms with E-state index in [0.29, 0.717) is 18.0 Å². The minimum Gasteiger partial charge on any atom is -0.343 e. The van der Waals surface area contributed by atoms with Crippen LogP contribution < -0.4 is 10.2 Å². The summed E-state index contributed by atoms with van der Waals surface area (Å²) in [5.41, 5.74) is 0.814. The van der Waals surface area contributed by atoms with E-state index in [0.717, 1.165) is 5.69 Å². The van der Waals surface area contributed by atoms with Crippen molar-refractivity contribution in [1.29, 1.82) is 0 Å². The Morgan fingerprint density at radius 2 is 2.10 bits per heavy atom. The minimum absolute atomic E-state index is 0.0611. The van der Waals surface area contributed by atoms with Crippen LogP contribution in [0.1, 0.15) is 13.3 Å². The first-order valence-corrected chi connectivity index (χ1v) is 8.09. The van der Waals surface area contributed by atoms with Gasteiger partial charge in [-0.15, -0.1) is 0 Å². The predicted molar refractivity (Wildman–Crippen MR) is 83.3 cm³/mol. The Labute approximate surface area is 127 Å². The first kappa shape index (κ1) is 15.2. The van der Waals surface area contributed by atoms with Crippen molar-refractivity contribution in [1.82, 2.24) is 5.32 Å². The zero-order chi connectivity index (χ0) is 14.7. The predicted octanol–water partition coefficient (Wildman–Crippen LogP) is 2.31. The fraction of sp³-hybridized carbons (Fsp3) is 0.429. The summed E-state index contributed by atoms with van der Waals surface area (Å²) in [6.07, 6.45) is 2.51. The number of hydrogen-bond donors (Lipinski definition) is 1. The summed E-state index contributed by atoms with van der Waals surface area (Å²) in [5, 5.41) is 3.31. The maximum absolute atomic E-state index is 12.3. The number of benzene rings is 1. The van der Waals surface area contributed by atoms with E-state index in [4.69, 9.17) is 11.6 Å². The molecule has 6 heteroatoms. The van der Waals surface area contributed by atoms with Crippen molar-refractivity contribution in [3.63, 3.8) is 0 Å². The Morgan fingerprint density at radius 3 is 2.70 bits per heavy atom. The largest absolute Gasteiger partial charge is 0.343 e. The van der Waals surface area contributed by atoms with Crippen LogP contribution in [0.2, 0.25) is 5.02 Å². The lowest BCUT2D eigenvalue weighted by Gasteiger charge is -2.18. The van der Waals surface area contributed by atoms with Gasteiger partial charge in [-0.25, -0.2) is 0 Å². The number of hydrogen-bond acceptors (Lipinski definition) is 3. The normalized spacial score (nSPS) is 20.1. The molecular formula is C14H17ClN2O2S. The fourth-order valence-corrected chi connectivity index (χ4v) is 2.50. The Morgan fingerprint density at radius 1 is 1.45 bits per heavy atom. The average molecular weight is 313 g/mol. The maximum atomic E-state index is 12.3. The summed E-state index contributed by atoms with van der Waals surface area (Å²) in [7, 11) is 0. The molecule has 0 aromatic heterocycles. The Balaban J connectivity index is 2.02. The highest BCUT2D eigenvalue weighted by Crippen LogP contribution is 2.23. The molecule has 1 aromatic rings. The van der Waals surface area contributed by atoms with Crippen LogP contribution in [0.4, 0.5) is 5.69 Å². The van der Waals surface area contributed by atoms with E-state index in [1.54, 1.807) is 17.0 Å². The van der Waals surface area contributed by atoms with Gasteiger partial charge in [0.25, 0.3) is 0 Å². The highest BCUT2D eigenvalue weighted by Gasteiger charge is 2.34. The van der Waals surface area contributed by atoms with Crippen molar-refractivity contribution in [2.75, 3.05) is 17.7 Å². The van der Waals surface area contributed by atoms with Gasteiger partial charge in [0, 0.05) is 17.3 Å². The zero-order valence-electron chi connectivity index (χ0n) is 11.4. The van der Waals surface area contributed by atoms with Gasteiger partial charge < -0.3 is 10.2 Å². The van der Waals surface area contributed by atoms with Crippen LogP contribution in [0.5, 0.6) is 0 Å². The second-order valence-electron chi connectivity index (χ2n) is 4.69. The molecule has 20 heavy (non-hydrogen) atoms. The number of amides is 2. The molecule has 1 heterocycles. The van der Waals surface area contributed by atoms with Gasteiger partial charge in [0.2, 0.25) is 11.8 Å². The summed E-state index contributed by atoms with van der Waals surface area (Å²) >= 11 is 7.30. The monoisotopic (exact) mass is 312 g/mol. The molecule has 4 nitrogen and oxygen atoms in total. The lowest BCUT2D eigenvalue weighted by atomic mass is 10.2. The van der Waals surface area contributed by atoms with E-state index in [1.807, 2.05) is 25.3 Å². The summed E-state index contributed by atoms with van der Waals surface area (Å²) in [6.45, 7) is 2.44. The molecule has 108 valence electrons. The Kier molecular flexibility index (Phi) is 4.94. The van der Waals surface area contributed by atoms with Crippen molar-refractivity contribution in [3.05, 3.63) is 29.3 Å². The van der Waals surface area contributed by atoms with E-state index < -0.39 is 6.04 Å². The third kappa shape index (κ3) is 3.27. The lowest BCUT2D eigenvalue weighted by molar-refractivity contribution is -0.125. The summed E-state index contributed by atoms with van der Waals surface area (Å²) in [6, 6.07) is 6.72. The van der Waals surface area contributed by atoms with E-state index >= 15 is 0 Å². The number of thioether (sulfide) groups is 1. The Hall–Kier alpha value is -1.20. The molecule has 0 aliphatic carbocycles. The van der Waals surface area contributed by atoms with Crippen LogP contribution in [0.3, 0.4) is 0 Å². The molecule has 0 saturated carbocycles. The van der Waals surface area contributed by atoms with Crippen molar-refractivity contribution in [2.24, 2.45) is 0 Å². The number of anilines is 1. The van der Waals surface area contributed by atoms with Gasteiger partial charge in [0.05, 0.1) is 5.25 Å². The molecule has 1 aliphatic rings. The number of nitrogens with zero attached hydrogens (tertiary/aromatic N) is 1. The molecule has 0 unspecified atom stereocenters. The van der Waals surface area contributed by atoms with Crippen LogP contribution in [-0.2, 0) is 9.59 Å². The van der Waals surface area contributed by atoms with Gasteiger partial charge in [0.15, 0.2) is 0 Å². The SMILES string of the molecule is CS[C@@H](C)C(=O)N[C@H]1CCN(c2ccc(Cl)cc2)C1=O. The van der Waals surface area contributed by atoms with Crippen LogP contribution in [-0.4, -0.2) is 35.9 Å². The Bertz CT molecular complexity index is 506. The van der Waals surface area contributed by atoms with E-state index in [2.05, 4.69) is 5.32 Å². The molecule has 0 spiro atoms. The van der Waals surface area contributed by atoms with Crippen molar-refractivity contribution < 1.29 is 9.59 Å². The molecule has 1 aromatic carbocycles. The summed E-state index contributed by atoms with van der Waals surface area (Å²) in [5.74, 6) is -0.150. The third-order valence-corrected chi connectivity index (χ3v) is 4.56. The zero-order valence-corrected chi connectivity index (χ0v) is 13.0.